The molecule has 1 aliphatic rings. The molecule has 0 aromatic rings. The van der Waals surface area contributed by atoms with Crippen LogP contribution in [0.4, 0.5) is 0 Å². The summed E-state index contributed by atoms with van der Waals surface area (Å²) in [5.41, 5.74) is 0.0874. The van der Waals surface area contributed by atoms with Crippen LogP contribution in [-0.2, 0) is 4.74 Å². The Morgan fingerprint density at radius 1 is 1.19 bits per heavy atom. The minimum Gasteiger partial charge on any atom is -0.355 e. The van der Waals surface area contributed by atoms with E-state index < -0.39 is 0 Å². The lowest BCUT2D eigenvalue weighted by molar-refractivity contribution is -0.0577. The predicted octanol–water partition coefficient (Wildman–Crippen LogP) is 3.71. The van der Waals surface area contributed by atoms with Crippen molar-refractivity contribution in [2.24, 2.45) is 5.92 Å². The summed E-state index contributed by atoms with van der Waals surface area (Å²) in [7, 11) is 0. The quantitative estimate of drug-likeness (QED) is 0.747. The average molecular weight is 227 g/mol. The van der Waals surface area contributed by atoms with Crippen molar-refractivity contribution in [3.8, 4) is 0 Å². The number of nitrogens with one attached hydrogen (secondary N) is 1. The topological polar surface area (TPSA) is 21.3 Å². The van der Waals surface area contributed by atoms with Crippen LogP contribution in [-0.4, -0.2) is 17.9 Å². The molecule has 16 heavy (non-hydrogen) atoms. The Kier molecular flexibility index (Phi) is 5.26. The second-order valence-corrected chi connectivity index (χ2v) is 5.52. The monoisotopic (exact) mass is 227 g/mol. The molecule has 0 aliphatic carbocycles. The summed E-state index contributed by atoms with van der Waals surface area (Å²) in [5.74, 6) is 0.735. The minimum absolute atomic E-state index is 0.0874. The van der Waals surface area contributed by atoms with Crippen molar-refractivity contribution in [2.75, 3.05) is 0 Å². The normalized spacial score (nSPS) is 28.9. The highest BCUT2D eigenvalue weighted by Gasteiger charge is 2.45. The third-order valence-corrected chi connectivity index (χ3v) is 3.85. The highest BCUT2D eigenvalue weighted by atomic mass is 16.5. The first-order valence-electron chi connectivity index (χ1n) is 7.01. The second kappa shape index (κ2) is 6.02. The van der Waals surface area contributed by atoms with Crippen molar-refractivity contribution in [1.29, 1.82) is 0 Å². The zero-order chi connectivity index (χ0) is 12.2. The zero-order valence-corrected chi connectivity index (χ0v) is 11.7. The Bertz CT molecular complexity index is 199. The van der Waals surface area contributed by atoms with E-state index in [1.807, 2.05) is 0 Å². The Hall–Kier alpha value is -0.0800. The molecule has 0 unspecified atom stereocenters. The molecule has 0 radical (unpaired) electrons. The summed E-state index contributed by atoms with van der Waals surface area (Å²) in [5, 5.41) is 3.69. The van der Waals surface area contributed by atoms with Gasteiger partial charge in [0.05, 0.1) is 5.60 Å². The maximum absolute atomic E-state index is 6.29. The van der Waals surface area contributed by atoms with Crippen LogP contribution < -0.4 is 5.32 Å². The fourth-order valence-electron chi connectivity index (χ4n) is 2.84. The highest BCUT2D eigenvalue weighted by molar-refractivity contribution is 4.98. The summed E-state index contributed by atoms with van der Waals surface area (Å²) in [6, 6.07) is 0.541. The van der Waals surface area contributed by atoms with Crippen molar-refractivity contribution in [1.82, 2.24) is 5.32 Å². The molecule has 0 aromatic carbocycles. The van der Waals surface area contributed by atoms with Gasteiger partial charge in [-0.2, -0.15) is 0 Å². The smallest absolute Gasteiger partial charge is 0.109 e. The van der Waals surface area contributed by atoms with Gasteiger partial charge in [-0.3, -0.25) is 5.32 Å². The number of rotatable bonds is 6. The van der Waals surface area contributed by atoms with E-state index in [2.05, 4.69) is 39.9 Å². The second-order valence-electron chi connectivity index (χ2n) is 5.52. The van der Waals surface area contributed by atoms with Crippen LogP contribution in [0.15, 0.2) is 0 Å². The van der Waals surface area contributed by atoms with Gasteiger partial charge in [-0.15, -0.1) is 0 Å². The molecular weight excluding hydrogens is 198 g/mol. The van der Waals surface area contributed by atoms with Gasteiger partial charge in [-0.05, 0) is 31.6 Å². The van der Waals surface area contributed by atoms with Crippen LogP contribution >= 0.6 is 0 Å². The maximum Gasteiger partial charge on any atom is 0.109 e. The number of hydrogen-bond acceptors (Lipinski definition) is 2. The molecule has 1 N–H and O–H groups in total. The average Bonchev–Trinajstić information content (AvgIpc) is 2.56. The fourth-order valence-corrected chi connectivity index (χ4v) is 2.84. The van der Waals surface area contributed by atoms with Crippen LogP contribution in [0.1, 0.15) is 66.7 Å². The fraction of sp³-hybridized carbons (Fsp3) is 1.00. The van der Waals surface area contributed by atoms with Gasteiger partial charge in [-0.25, -0.2) is 0 Å². The first kappa shape index (κ1) is 14.0. The first-order valence-corrected chi connectivity index (χ1v) is 7.01. The molecule has 1 fully saturated rings. The van der Waals surface area contributed by atoms with Gasteiger partial charge >= 0.3 is 0 Å². The minimum atomic E-state index is 0.0874. The molecular formula is C14H29NO. The number of ether oxygens (including phenoxy) is 1. The SMILES string of the molecule is CCC[C@@H]1N[C@@H](CC(C)C)C(CC)(CC)O1. The Morgan fingerprint density at radius 3 is 2.25 bits per heavy atom. The van der Waals surface area contributed by atoms with Gasteiger partial charge in [0.1, 0.15) is 6.23 Å². The van der Waals surface area contributed by atoms with Gasteiger partial charge < -0.3 is 4.74 Å². The van der Waals surface area contributed by atoms with E-state index in [-0.39, 0.29) is 11.8 Å². The van der Waals surface area contributed by atoms with Gasteiger partial charge in [-0.1, -0.05) is 41.0 Å². The molecule has 1 saturated heterocycles. The van der Waals surface area contributed by atoms with E-state index in [1.54, 1.807) is 0 Å². The summed E-state index contributed by atoms with van der Waals surface area (Å²) in [6.07, 6.45) is 6.07. The Labute approximate surface area is 101 Å². The van der Waals surface area contributed by atoms with Crippen LogP contribution in [0.5, 0.6) is 0 Å². The lowest BCUT2D eigenvalue weighted by Crippen LogP contribution is -2.43. The van der Waals surface area contributed by atoms with Crippen LogP contribution in [0.2, 0.25) is 0 Å². The van der Waals surface area contributed by atoms with Crippen LogP contribution in [0.3, 0.4) is 0 Å². The highest BCUT2D eigenvalue weighted by Crippen LogP contribution is 2.35. The molecule has 96 valence electrons. The molecule has 1 heterocycles. The van der Waals surface area contributed by atoms with E-state index in [0.29, 0.717) is 6.04 Å². The molecule has 1 rings (SSSR count). The van der Waals surface area contributed by atoms with Gasteiger partial charge in [0.25, 0.3) is 0 Å². The summed E-state index contributed by atoms with van der Waals surface area (Å²) in [6.45, 7) is 11.3. The Balaban J connectivity index is 2.69. The Morgan fingerprint density at radius 2 is 1.81 bits per heavy atom. The van der Waals surface area contributed by atoms with Gasteiger partial charge in [0, 0.05) is 6.04 Å². The van der Waals surface area contributed by atoms with E-state index >= 15 is 0 Å². The lowest BCUT2D eigenvalue weighted by Gasteiger charge is -2.32. The molecule has 2 atom stereocenters. The molecule has 0 amide bonds. The maximum atomic E-state index is 6.29. The third kappa shape index (κ3) is 2.98. The third-order valence-electron chi connectivity index (χ3n) is 3.85. The van der Waals surface area contributed by atoms with E-state index in [0.717, 1.165) is 25.2 Å². The van der Waals surface area contributed by atoms with Crippen molar-refractivity contribution in [2.45, 2.75) is 84.6 Å². The molecule has 0 spiro atoms. The standard InChI is InChI=1S/C14H29NO/c1-6-9-13-15-12(10-11(4)5)14(7-2,8-3)16-13/h11-13,15H,6-10H2,1-5H3/t12-,13+/m0/s1. The molecule has 2 nitrogen and oxygen atoms in total. The zero-order valence-electron chi connectivity index (χ0n) is 11.7. The number of hydrogen-bond donors (Lipinski definition) is 1. The molecule has 2 heteroatoms. The molecule has 0 aromatic heterocycles. The molecule has 1 aliphatic heterocycles. The lowest BCUT2D eigenvalue weighted by atomic mass is 9.84. The van der Waals surface area contributed by atoms with Crippen molar-refractivity contribution >= 4 is 0 Å². The molecule has 0 saturated carbocycles. The van der Waals surface area contributed by atoms with E-state index in [1.165, 1.54) is 12.8 Å². The van der Waals surface area contributed by atoms with Gasteiger partial charge in [0.15, 0.2) is 0 Å². The first-order chi connectivity index (χ1) is 7.57. The molecule has 0 bridgehead atoms. The van der Waals surface area contributed by atoms with Crippen molar-refractivity contribution < 1.29 is 4.74 Å². The van der Waals surface area contributed by atoms with Crippen LogP contribution in [0.25, 0.3) is 0 Å². The summed E-state index contributed by atoms with van der Waals surface area (Å²) in [4.78, 5) is 0. The van der Waals surface area contributed by atoms with E-state index in [4.69, 9.17) is 4.74 Å². The summed E-state index contributed by atoms with van der Waals surface area (Å²) >= 11 is 0. The summed E-state index contributed by atoms with van der Waals surface area (Å²) < 4.78 is 6.29. The van der Waals surface area contributed by atoms with E-state index in [9.17, 15) is 0 Å². The largest absolute Gasteiger partial charge is 0.355 e. The van der Waals surface area contributed by atoms with Gasteiger partial charge in [0.2, 0.25) is 0 Å². The predicted molar refractivity (Wildman–Crippen MR) is 69.5 cm³/mol. The van der Waals surface area contributed by atoms with Crippen molar-refractivity contribution in [3.63, 3.8) is 0 Å². The van der Waals surface area contributed by atoms with Crippen LogP contribution in [0, 0.1) is 5.92 Å². The van der Waals surface area contributed by atoms with Crippen molar-refractivity contribution in [3.05, 3.63) is 0 Å².